The summed E-state index contributed by atoms with van der Waals surface area (Å²) in [5.41, 5.74) is 21.2. The average Bonchev–Trinajstić information content (AvgIpc) is 0.724. The van der Waals surface area contributed by atoms with Crippen molar-refractivity contribution in [3.63, 3.8) is 0 Å². The third-order valence-electron chi connectivity index (χ3n) is 24.7. The van der Waals surface area contributed by atoms with Crippen LogP contribution in [0.1, 0.15) is 66.8 Å². The van der Waals surface area contributed by atoms with E-state index < -0.39 is 78.8 Å². The standard InChI is InChI=1S/C60H58B2F4Si.C48H36O8S4Si/c1-35-21-39(5)57(40(6)22-35)61(58-41(7)23-36(2)24-42(58)8)47-13-17-53(18-14-47)67(55-31-49(63)29-50(64)32-55,56-33-51(65)30-52(66)34-56)54-19-15-48(16-20-54)62(59-43(9)25-37(3)26-44(59)10)60-45(11)27-38(4)28-46(60)12;49-57(50,37-13-5-1-6-14-37)41-21-29-45(30-22-41)61(46-31-23-42(24-32-46)58(51,52)38-15-7-2-8-16-38,47-33-25-43(26-34-47)59(53,54)39-17-9-3-10-18-39)48-35-27-44(28-36-48)60(55,56)40-19-11-4-12-20-40/h13-34H,1-12H3;1-36H. The molecule has 0 heterocycles. The molecule has 0 aliphatic rings. The maximum absolute atomic E-state index is 15.8. The zero-order chi connectivity index (χ0) is 91.1. The van der Waals surface area contributed by atoms with Gasteiger partial charge >= 0.3 is 0 Å². The number of hydrogen-bond acceptors (Lipinski definition) is 8. The summed E-state index contributed by atoms with van der Waals surface area (Å²) in [6, 6.07) is 99.7. The molecular formula is C108H94B2F4O8S4Si2. The van der Waals surface area contributed by atoms with Gasteiger partial charge in [0.05, 0.1) is 39.2 Å². The van der Waals surface area contributed by atoms with Crippen LogP contribution in [0.25, 0.3) is 0 Å². The first-order valence-corrected chi connectivity index (χ1v) is 52.0. The maximum Gasteiger partial charge on any atom is 0.242 e. The second-order valence-corrected chi connectivity index (χ2v) is 49.0. The lowest BCUT2D eigenvalue weighted by Gasteiger charge is -2.35. The fourth-order valence-electron chi connectivity index (χ4n) is 19.4. The Balaban J connectivity index is 0.000000198. The summed E-state index contributed by atoms with van der Waals surface area (Å²) >= 11 is 0. The number of benzene rings is 16. The zero-order valence-electron chi connectivity index (χ0n) is 73.1. The number of halogens is 4. The molecule has 0 aromatic heterocycles. The molecule has 0 bridgehead atoms. The highest BCUT2D eigenvalue weighted by Crippen LogP contribution is 2.29. The number of rotatable bonds is 22. The highest BCUT2D eigenvalue weighted by molar-refractivity contribution is 7.92. The van der Waals surface area contributed by atoms with Gasteiger partial charge in [-0.3, -0.25) is 0 Å². The van der Waals surface area contributed by atoms with Crippen LogP contribution in [-0.2, 0) is 39.3 Å². The Hall–Kier alpha value is -12.4. The van der Waals surface area contributed by atoms with Crippen molar-refractivity contribution in [2.24, 2.45) is 0 Å². The van der Waals surface area contributed by atoms with Crippen LogP contribution in [0.5, 0.6) is 0 Å². The second kappa shape index (κ2) is 36.4. The Labute approximate surface area is 752 Å². The molecule has 0 aliphatic carbocycles. The normalized spacial score (nSPS) is 12.0. The average molecular weight is 1800 g/mol. The number of aryl methyl sites for hydroxylation is 12. The van der Waals surface area contributed by atoms with Gasteiger partial charge in [-0.2, -0.15) is 0 Å². The molecular weight excluding hydrogens is 1710 g/mol. The third-order valence-corrected chi connectivity index (χ3v) is 41.3. The lowest BCUT2D eigenvalue weighted by molar-refractivity contribution is 0.584. The predicted octanol–water partition coefficient (Wildman–Crippen LogP) is 14.7. The Morgan fingerprint density at radius 2 is 0.344 bits per heavy atom. The third kappa shape index (κ3) is 17.4. The van der Waals surface area contributed by atoms with Crippen LogP contribution >= 0.6 is 0 Å². The van der Waals surface area contributed by atoms with Crippen LogP contribution < -0.4 is 74.3 Å². The summed E-state index contributed by atoms with van der Waals surface area (Å²) in [6.45, 7) is 25.5. The van der Waals surface area contributed by atoms with E-state index in [1.165, 1.54) is 210 Å². The van der Waals surface area contributed by atoms with Crippen molar-refractivity contribution in [2.75, 3.05) is 0 Å². The Morgan fingerprint density at radius 3 is 0.523 bits per heavy atom. The maximum atomic E-state index is 15.8. The molecule has 20 heteroatoms. The van der Waals surface area contributed by atoms with Gasteiger partial charge < -0.3 is 0 Å². The van der Waals surface area contributed by atoms with E-state index in [0.717, 1.165) is 33.4 Å². The van der Waals surface area contributed by atoms with Crippen LogP contribution in [0.2, 0.25) is 0 Å². The monoisotopic (exact) mass is 1800 g/mol. The molecule has 0 spiro atoms. The van der Waals surface area contributed by atoms with Gasteiger partial charge in [0, 0.05) is 12.1 Å². The number of sulfone groups is 4. The van der Waals surface area contributed by atoms with Gasteiger partial charge in [-0.15, -0.1) is 0 Å². The summed E-state index contributed by atoms with van der Waals surface area (Å²) in [5, 5.41) is 4.81. The van der Waals surface area contributed by atoms with Gasteiger partial charge in [0.1, 0.15) is 23.3 Å². The Bertz CT molecular complexity index is 6470. The minimum absolute atomic E-state index is 0.0447. The smallest absolute Gasteiger partial charge is 0.219 e. The lowest BCUT2D eigenvalue weighted by Crippen LogP contribution is -2.75. The first-order valence-electron chi connectivity index (χ1n) is 42.1. The molecule has 0 atom stereocenters. The molecule has 0 fully saturated rings. The molecule has 0 N–H and O–H groups in total. The summed E-state index contributed by atoms with van der Waals surface area (Å²) < 4.78 is 174. The molecule has 8 nitrogen and oxygen atoms in total. The molecule has 0 unspecified atom stereocenters. The first-order chi connectivity index (χ1) is 61.0. The van der Waals surface area contributed by atoms with Gasteiger partial charge in [0.15, 0.2) is 16.1 Å². The lowest BCUT2D eigenvalue weighted by atomic mass is 9.34. The highest BCUT2D eigenvalue weighted by atomic mass is 32.2. The number of hydrogen-bond donors (Lipinski definition) is 0. The van der Waals surface area contributed by atoms with Gasteiger partial charge in [-0.05, 0) is 246 Å². The highest BCUT2D eigenvalue weighted by Gasteiger charge is 2.46. The van der Waals surface area contributed by atoms with Crippen molar-refractivity contribution in [2.45, 2.75) is 122 Å². The van der Waals surface area contributed by atoms with Crippen molar-refractivity contribution in [1.82, 2.24) is 0 Å². The van der Waals surface area contributed by atoms with Crippen LogP contribution in [-0.4, -0.2) is 63.2 Å². The summed E-state index contributed by atoms with van der Waals surface area (Å²) in [6.07, 6.45) is 0. The summed E-state index contributed by atoms with van der Waals surface area (Å²) in [7, 11) is -23.4. The largest absolute Gasteiger partial charge is 0.242 e. The first kappa shape index (κ1) is 90.4. The van der Waals surface area contributed by atoms with E-state index in [-0.39, 0.29) is 52.6 Å². The molecule has 16 aromatic rings. The molecule has 16 rings (SSSR count). The molecule has 128 heavy (non-hydrogen) atoms. The SMILES string of the molecule is Cc1cc(C)c(B(c2ccc([Si](c3ccc(B(c4c(C)cc(C)cc4C)c4c(C)cc(C)cc4C)cc3)(c3cc(F)cc(F)c3)c3cc(F)cc(F)c3)cc2)c2c(C)cc(C)cc2C)c(C)c1.O=S(=O)(c1ccccc1)c1ccc([Si](c2ccc(S(=O)(=O)c3ccccc3)cc2)(c2ccc(S(=O)(=O)c3ccccc3)cc2)c2ccc(S(=O)(=O)c3ccccc3)cc2)cc1. The van der Waals surface area contributed by atoms with Gasteiger partial charge in [-0.1, -0.05) is 318 Å². The molecule has 16 aromatic carbocycles. The molecule has 0 radical (unpaired) electrons. The van der Waals surface area contributed by atoms with E-state index in [4.69, 9.17) is 0 Å². The van der Waals surface area contributed by atoms with Crippen LogP contribution in [0.4, 0.5) is 17.6 Å². The van der Waals surface area contributed by atoms with E-state index >= 15 is 17.6 Å². The van der Waals surface area contributed by atoms with Gasteiger partial charge in [-0.25, -0.2) is 51.2 Å². The van der Waals surface area contributed by atoms with Gasteiger partial charge in [0.25, 0.3) is 0 Å². The minimum atomic E-state index is -3.94. The predicted molar refractivity (Wildman–Crippen MR) is 519 cm³/mol. The van der Waals surface area contributed by atoms with Crippen LogP contribution in [0, 0.1) is 106 Å². The molecule has 0 amide bonds. The fraction of sp³-hybridized carbons (Fsp3) is 0.111. The van der Waals surface area contributed by atoms with E-state index in [9.17, 15) is 33.7 Å². The Morgan fingerprint density at radius 1 is 0.188 bits per heavy atom. The van der Waals surface area contributed by atoms with Gasteiger partial charge in [0.2, 0.25) is 52.8 Å². The quantitative estimate of drug-likeness (QED) is 0.0372. The van der Waals surface area contributed by atoms with Crippen molar-refractivity contribution in [3.8, 4) is 0 Å². The van der Waals surface area contributed by atoms with Crippen molar-refractivity contribution >= 4 is 143 Å². The van der Waals surface area contributed by atoms with Crippen LogP contribution in [0.3, 0.4) is 0 Å². The van der Waals surface area contributed by atoms with Crippen LogP contribution in [0.15, 0.2) is 391 Å². The summed E-state index contributed by atoms with van der Waals surface area (Å²) in [5.74, 6) is -3.04. The topological polar surface area (TPSA) is 137 Å². The van der Waals surface area contributed by atoms with E-state index in [0.29, 0.717) is 31.1 Å². The van der Waals surface area contributed by atoms with Crippen molar-refractivity contribution in [3.05, 3.63) is 442 Å². The minimum Gasteiger partial charge on any atom is -0.219 e. The summed E-state index contributed by atoms with van der Waals surface area (Å²) in [4.78, 5) is 0.649. The molecule has 0 saturated heterocycles. The molecule has 0 aliphatic heterocycles. The van der Waals surface area contributed by atoms with E-state index in [2.05, 4.69) is 156 Å². The molecule has 0 saturated carbocycles. The van der Waals surface area contributed by atoms with E-state index in [1.807, 2.05) is 24.3 Å². The Kier molecular flexibility index (Phi) is 25.7. The van der Waals surface area contributed by atoms with E-state index in [1.54, 1.807) is 121 Å². The zero-order valence-corrected chi connectivity index (χ0v) is 78.3. The molecule has 640 valence electrons. The van der Waals surface area contributed by atoms with Crippen molar-refractivity contribution < 1.29 is 51.2 Å². The van der Waals surface area contributed by atoms with Crippen molar-refractivity contribution in [1.29, 1.82) is 0 Å². The fourth-order valence-corrected chi connectivity index (χ4v) is 34.0. The second-order valence-electron chi connectivity index (χ2n) is 33.5.